The molecule has 0 spiro atoms. The minimum Gasteiger partial charge on any atom is -0.384 e. The summed E-state index contributed by atoms with van der Waals surface area (Å²) in [4.78, 5) is 26.2. The predicted octanol–water partition coefficient (Wildman–Crippen LogP) is 0.871. The van der Waals surface area contributed by atoms with Crippen molar-refractivity contribution in [3.05, 3.63) is 27.9 Å². The van der Waals surface area contributed by atoms with Crippen molar-refractivity contribution in [3.63, 3.8) is 0 Å². The molecule has 1 aromatic heterocycles. The van der Waals surface area contributed by atoms with Gasteiger partial charge in [-0.2, -0.15) is 0 Å². The number of amides is 1. The number of carbonyl (C=O) groups is 1. The van der Waals surface area contributed by atoms with Gasteiger partial charge in [0.15, 0.2) is 0 Å². The Morgan fingerprint density at radius 1 is 1.55 bits per heavy atom. The molecule has 1 aliphatic rings. The Balaban J connectivity index is 2.24. The fourth-order valence-corrected chi connectivity index (χ4v) is 2.08. The van der Waals surface area contributed by atoms with Gasteiger partial charge in [0.1, 0.15) is 17.6 Å². The Morgan fingerprint density at radius 2 is 2.20 bits per heavy atom. The molecular formula is C12H16N4O4. The maximum atomic E-state index is 12.3. The summed E-state index contributed by atoms with van der Waals surface area (Å²) >= 11 is 0. The molecule has 0 bridgehead atoms. The van der Waals surface area contributed by atoms with Crippen LogP contribution in [0.1, 0.15) is 30.1 Å². The van der Waals surface area contributed by atoms with Gasteiger partial charge in [0.05, 0.1) is 4.92 Å². The number of hydrogen-bond donors (Lipinski definition) is 2. The van der Waals surface area contributed by atoms with E-state index < -0.39 is 16.4 Å². The SMILES string of the molecule is CC1(NC(=O)c2cc(N)ncc2[N+](=O)[O-])CCOCC1. The molecule has 0 radical (unpaired) electrons. The monoisotopic (exact) mass is 280 g/mol. The molecule has 0 aliphatic carbocycles. The number of hydrogen-bond acceptors (Lipinski definition) is 6. The zero-order valence-corrected chi connectivity index (χ0v) is 11.1. The second kappa shape index (κ2) is 5.41. The van der Waals surface area contributed by atoms with Crippen LogP contribution in [0.4, 0.5) is 11.5 Å². The molecule has 1 saturated heterocycles. The largest absolute Gasteiger partial charge is 0.384 e. The molecule has 108 valence electrons. The van der Waals surface area contributed by atoms with E-state index >= 15 is 0 Å². The molecule has 1 aliphatic heterocycles. The van der Waals surface area contributed by atoms with E-state index in [0.717, 1.165) is 6.20 Å². The smallest absolute Gasteiger partial charge is 0.300 e. The zero-order valence-electron chi connectivity index (χ0n) is 11.1. The topological polar surface area (TPSA) is 120 Å². The number of pyridine rings is 1. The summed E-state index contributed by atoms with van der Waals surface area (Å²) in [5, 5.41) is 13.8. The Bertz CT molecular complexity index is 540. The standard InChI is InChI=1S/C12H16N4O4/c1-12(2-4-20-5-3-12)15-11(17)8-6-10(13)14-7-9(8)16(18)19/h6-7H,2-5H2,1H3,(H2,13,14)(H,15,17). The van der Waals surface area contributed by atoms with Gasteiger partial charge >= 0.3 is 0 Å². The second-order valence-electron chi connectivity index (χ2n) is 5.01. The number of nitro groups is 1. The highest BCUT2D eigenvalue weighted by molar-refractivity contribution is 5.99. The lowest BCUT2D eigenvalue weighted by Crippen LogP contribution is -2.49. The maximum absolute atomic E-state index is 12.3. The van der Waals surface area contributed by atoms with Crippen LogP contribution in [0.25, 0.3) is 0 Å². The van der Waals surface area contributed by atoms with Gasteiger partial charge in [0.25, 0.3) is 11.6 Å². The van der Waals surface area contributed by atoms with E-state index in [2.05, 4.69) is 10.3 Å². The van der Waals surface area contributed by atoms with Crippen LogP contribution in [0.2, 0.25) is 0 Å². The minimum atomic E-state index is -0.645. The molecule has 2 heterocycles. The molecule has 1 fully saturated rings. The van der Waals surface area contributed by atoms with E-state index in [1.165, 1.54) is 6.07 Å². The van der Waals surface area contributed by atoms with Crippen molar-refractivity contribution in [1.29, 1.82) is 0 Å². The molecule has 8 heteroatoms. The summed E-state index contributed by atoms with van der Waals surface area (Å²) < 4.78 is 5.24. The molecule has 0 atom stereocenters. The van der Waals surface area contributed by atoms with Gasteiger partial charge in [-0.05, 0) is 25.8 Å². The van der Waals surface area contributed by atoms with Crippen molar-refractivity contribution in [2.24, 2.45) is 0 Å². The van der Waals surface area contributed by atoms with Gasteiger partial charge in [-0.15, -0.1) is 0 Å². The van der Waals surface area contributed by atoms with Gasteiger partial charge in [0, 0.05) is 18.8 Å². The molecule has 0 saturated carbocycles. The van der Waals surface area contributed by atoms with Gasteiger partial charge in [0.2, 0.25) is 0 Å². The van der Waals surface area contributed by atoms with Crippen LogP contribution in [-0.2, 0) is 4.74 Å². The van der Waals surface area contributed by atoms with Crippen molar-refractivity contribution in [2.75, 3.05) is 18.9 Å². The van der Waals surface area contributed by atoms with E-state index in [-0.39, 0.29) is 17.1 Å². The van der Waals surface area contributed by atoms with Crippen LogP contribution < -0.4 is 11.1 Å². The van der Waals surface area contributed by atoms with Crippen LogP contribution in [0.15, 0.2) is 12.3 Å². The third-order valence-electron chi connectivity index (χ3n) is 3.36. The number of nitrogen functional groups attached to an aromatic ring is 1. The fraction of sp³-hybridized carbons (Fsp3) is 0.500. The number of carbonyl (C=O) groups excluding carboxylic acids is 1. The number of nitrogens with two attached hydrogens (primary N) is 1. The van der Waals surface area contributed by atoms with E-state index in [0.29, 0.717) is 26.1 Å². The van der Waals surface area contributed by atoms with E-state index in [9.17, 15) is 14.9 Å². The molecule has 1 amide bonds. The summed E-state index contributed by atoms with van der Waals surface area (Å²) in [6.07, 6.45) is 2.32. The normalized spacial score (nSPS) is 17.4. The Labute approximate surface area is 115 Å². The van der Waals surface area contributed by atoms with Crippen molar-refractivity contribution in [3.8, 4) is 0 Å². The van der Waals surface area contributed by atoms with Gasteiger partial charge in [-0.25, -0.2) is 4.98 Å². The Kier molecular flexibility index (Phi) is 3.84. The van der Waals surface area contributed by atoms with Crippen molar-refractivity contribution in [2.45, 2.75) is 25.3 Å². The number of nitrogens with zero attached hydrogens (tertiary/aromatic N) is 2. The lowest BCUT2D eigenvalue weighted by molar-refractivity contribution is -0.385. The second-order valence-corrected chi connectivity index (χ2v) is 5.01. The fourth-order valence-electron chi connectivity index (χ4n) is 2.08. The number of rotatable bonds is 3. The van der Waals surface area contributed by atoms with E-state index in [4.69, 9.17) is 10.5 Å². The third-order valence-corrected chi connectivity index (χ3v) is 3.36. The summed E-state index contributed by atoms with van der Waals surface area (Å²) in [6, 6.07) is 1.22. The highest BCUT2D eigenvalue weighted by Gasteiger charge is 2.31. The molecule has 0 unspecified atom stereocenters. The summed E-state index contributed by atoms with van der Waals surface area (Å²) in [6.45, 7) is 3.00. The summed E-state index contributed by atoms with van der Waals surface area (Å²) in [5.41, 5.74) is 4.64. The molecule has 0 aromatic carbocycles. The highest BCUT2D eigenvalue weighted by Crippen LogP contribution is 2.23. The molecule has 20 heavy (non-hydrogen) atoms. The summed E-state index contributed by atoms with van der Waals surface area (Å²) in [7, 11) is 0. The van der Waals surface area contributed by atoms with E-state index in [1.54, 1.807) is 0 Å². The van der Waals surface area contributed by atoms with Gasteiger partial charge in [-0.1, -0.05) is 0 Å². The summed E-state index contributed by atoms with van der Waals surface area (Å²) in [5.74, 6) is -0.451. The van der Waals surface area contributed by atoms with E-state index in [1.807, 2.05) is 6.92 Å². The Hall–Kier alpha value is -2.22. The molecule has 1 aromatic rings. The van der Waals surface area contributed by atoms with Gasteiger partial charge < -0.3 is 15.8 Å². The predicted molar refractivity (Wildman–Crippen MR) is 71.2 cm³/mol. The molecular weight excluding hydrogens is 264 g/mol. The number of nitrogens with one attached hydrogen (secondary N) is 1. The number of aromatic nitrogens is 1. The third kappa shape index (κ3) is 3.02. The average Bonchev–Trinajstić information content (AvgIpc) is 2.38. The first-order valence-electron chi connectivity index (χ1n) is 6.21. The first-order chi connectivity index (χ1) is 9.41. The molecule has 2 rings (SSSR count). The maximum Gasteiger partial charge on any atom is 0.300 e. The van der Waals surface area contributed by atoms with Crippen LogP contribution in [-0.4, -0.2) is 34.6 Å². The van der Waals surface area contributed by atoms with Crippen LogP contribution in [0, 0.1) is 10.1 Å². The Morgan fingerprint density at radius 3 is 2.80 bits per heavy atom. The quantitative estimate of drug-likeness (QED) is 0.626. The van der Waals surface area contributed by atoms with Crippen LogP contribution >= 0.6 is 0 Å². The van der Waals surface area contributed by atoms with Crippen molar-refractivity contribution < 1.29 is 14.5 Å². The lowest BCUT2D eigenvalue weighted by Gasteiger charge is -2.34. The molecule has 3 N–H and O–H groups in total. The minimum absolute atomic E-state index is 0.0675. The van der Waals surface area contributed by atoms with Gasteiger partial charge in [-0.3, -0.25) is 14.9 Å². The van der Waals surface area contributed by atoms with Crippen LogP contribution in [0.5, 0.6) is 0 Å². The zero-order chi connectivity index (χ0) is 14.8. The highest BCUT2D eigenvalue weighted by atomic mass is 16.6. The number of ether oxygens (including phenoxy) is 1. The lowest BCUT2D eigenvalue weighted by atomic mass is 9.92. The number of anilines is 1. The first-order valence-corrected chi connectivity index (χ1v) is 6.21. The molecule has 8 nitrogen and oxygen atoms in total. The van der Waals surface area contributed by atoms with Crippen molar-refractivity contribution in [1.82, 2.24) is 10.3 Å². The van der Waals surface area contributed by atoms with Crippen molar-refractivity contribution >= 4 is 17.4 Å². The average molecular weight is 280 g/mol. The van der Waals surface area contributed by atoms with Crippen LogP contribution in [0.3, 0.4) is 0 Å². The first kappa shape index (κ1) is 14.2.